The molecule has 2 heterocycles. The maximum Gasteiger partial charge on any atom is 0.348 e. The molecule has 2 atom stereocenters. The fourth-order valence-corrected chi connectivity index (χ4v) is 4.57. The zero-order chi connectivity index (χ0) is 24.2. The molecule has 0 saturated carbocycles. The van der Waals surface area contributed by atoms with E-state index >= 15 is 0 Å². The van der Waals surface area contributed by atoms with Crippen LogP contribution in [0.1, 0.15) is 29.7 Å². The summed E-state index contributed by atoms with van der Waals surface area (Å²) in [6.07, 6.45) is 1.04. The number of anilines is 1. The van der Waals surface area contributed by atoms with Gasteiger partial charge in [0.25, 0.3) is 5.91 Å². The third kappa shape index (κ3) is 5.18. The number of carbonyl (C=O) groups excluding carboxylic acids is 2. The van der Waals surface area contributed by atoms with Crippen LogP contribution in [0, 0.1) is 6.92 Å². The van der Waals surface area contributed by atoms with Crippen LogP contribution in [-0.2, 0) is 19.9 Å². The van der Waals surface area contributed by atoms with E-state index in [-0.39, 0.29) is 12.5 Å². The van der Waals surface area contributed by atoms with Gasteiger partial charge in [-0.2, -0.15) is 0 Å². The first-order valence-electron chi connectivity index (χ1n) is 11.4. The average Bonchev–Trinajstić information content (AvgIpc) is 3.23. The topological polar surface area (TPSA) is 102 Å². The molecule has 34 heavy (non-hydrogen) atoms. The number of carbonyl (C=O) groups is 2. The Kier molecular flexibility index (Phi) is 6.81. The van der Waals surface area contributed by atoms with Gasteiger partial charge in [0.15, 0.2) is 18.5 Å². The van der Waals surface area contributed by atoms with E-state index < -0.39 is 17.7 Å². The molecule has 8 nitrogen and oxygen atoms in total. The van der Waals surface area contributed by atoms with Crippen molar-refractivity contribution in [1.82, 2.24) is 5.16 Å². The van der Waals surface area contributed by atoms with Crippen molar-refractivity contribution < 1.29 is 28.4 Å². The molecular weight excluding hydrogens is 434 g/mol. The second-order valence-corrected chi connectivity index (χ2v) is 9.17. The van der Waals surface area contributed by atoms with Crippen molar-refractivity contribution in [3.05, 3.63) is 83.6 Å². The number of aromatic nitrogens is 1. The molecule has 4 rings (SSSR count). The number of hydrogen-bond acceptors (Lipinski definition) is 6. The molecule has 3 aromatic rings. The van der Waals surface area contributed by atoms with E-state index in [1.165, 1.54) is 0 Å². The van der Waals surface area contributed by atoms with Gasteiger partial charge < -0.3 is 24.2 Å². The maximum atomic E-state index is 13.4. The number of ether oxygens (including phenoxy) is 1. The zero-order valence-corrected chi connectivity index (χ0v) is 19.4. The fourth-order valence-electron chi connectivity index (χ4n) is 4.57. The van der Waals surface area contributed by atoms with E-state index in [1.54, 1.807) is 61.5 Å². The second kappa shape index (κ2) is 9.79. The number of rotatable bonds is 7. The van der Waals surface area contributed by atoms with Crippen molar-refractivity contribution in [2.75, 3.05) is 32.0 Å². The SMILES string of the molecule is Cc1cc(NC(=O)C[N+]2(C)CCCC(OC(=O)C(O)(c3ccccc3)c3ccccc3)C2)no1. The molecule has 1 aliphatic heterocycles. The van der Waals surface area contributed by atoms with Crippen LogP contribution in [0.3, 0.4) is 0 Å². The summed E-state index contributed by atoms with van der Waals surface area (Å²) in [5.41, 5.74) is -1.03. The van der Waals surface area contributed by atoms with Gasteiger partial charge in [0.1, 0.15) is 12.3 Å². The molecule has 2 aromatic carbocycles. The molecule has 8 heteroatoms. The largest absolute Gasteiger partial charge is 0.454 e. The third-order valence-corrected chi connectivity index (χ3v) is 6.24. The van der Waals surface area contributed by atoms with Crippen molar-refractivity contribution in [2.24, 2.45) is 0 Å². The number of piperidine rings is 1. The smallest absolute Gasteiger partial charge is 0.348 e. The van der Waals surface area contributed by atoms with Gasteiger partial charge in [-0.15, -0.1) is 0 Å². The molecule has 1 saturated heterocycles. The average molecular weight is 465 g/mol. The van der Waals surface area contributed by atoms with Gasteiger partial charge in [-0.25, -0.2) is 4.79 Å². The molecule has 0 spiro atoms. The molecule has 0 radical (unpaired) electrons. The number of amides is 1. The molecule has 0 bridgehead atoms. The maximum absolute atomic E-state index is 13.4. The molecule has 1 fully saturated rings. The van der Waals surface area contributed by atoms with E-state index in [0.29, 0.717) is 40.2 Å². The van der Waals surface area contributed by atoms with E-state index in [1.807, 2.05) is 19.2 Å². The van der Waals surface area contributed by atoms with E-state index in [0.717, 1.165) is 13.0 Å². The van der Waals surface area contributed by atoms with Crippen LogP contribution in [0.5, 0.6) is 0 Å². The highest BCUT2D eigenvalue weighted by atomic mass is 16.6. The predicted octanol–water partition coefficient (Wildman–Crippen LogP) is 3.01. The van der Waals surface area contributed by atoms with Crippen molar-refractivity contribution in [2.45, 2.75) is 31.5 Å². The summed E-state index contributed by atoms with van der Waals surface area (Å²) in [6.45, 7) is 3.21. The van der Waals surface area contributed by atoms with Crippen molar-refractivity contribution in [3.8, 4) is 0 Å². The minimum atomic E-state index is -1.93. The Balaban J connectivity index is 1.47. The lowest BCUT2D eigenvalue weighted by Gasteiger charge is -2.41. The lowest BCUT2D eigenvalue weighted by atomic mass is 9.86. The first-order valence-corrected chi connectivity index (χ1v) is 11.4. The Morgan fingerprint density at radius 2 is 1.76 bits per heavy atom. The standard InChI is InChI=1S/C26H29N3O5/c1-19-16-23(28-34-19)27-24(30)18-29(2)15-9-14-22(17-29)33-25(31)26(32,20-10-5-3-6-11-20)21-12-7-4-8-13-21/h3-8,10-13,16,22,32H,9,14-15,17-18H2,1-2H3/p+1. The highest BCUT2D eigenvalue weighted by Crippen LogP contribution is 2.32. The second-order valence-electron chi connectivity index (χ2n) is 9.17. The van der Waals surface area contributed by atoms with Crippen molar-refractivity contribution >= 4 is 17.7 Å². The first kappa shape index (κ1) is 23.7. The van der Waals surface area contributed by atoms with Crippen molar-refractivity contribution in [1.29, 1.82) is 0 Å². The molecule has 1 amide bonds. The number of likely N-dealkylation sites (N-methyl/N-ethyl adjacent to an activating group) is 1. The Hall–Kier alpha value is -3.49. The van der Waals surface area contributed by atoms with Gasteiger partial charge >= 0.3 is 5.97 Å². The van der Waals surface area contributed by atoms with Gasteiger partial charge in [-0.3, -0.25) is 4.79 Å². The molecular formula is C26H30N3O5+. The van der Waals surface area contributed by atoms with Crippen LogP contribution >= 0.6 is 0 Å². The van der Waals surface area contributed by atoms with E-state index in [2.05, 4.69) is 10.5 Å². The van der Waals surface area contributed by atoms with Crippen LogP contribution in [0.25, 0.3) is 0 Å². The summed E-state index contributed by atoms with van der Waals surface area (Å²) >= 11 is 0. The van der Waals surface area contributed by atoms with Crippen LogP contribution in [-0.4, -0.2) is 59.4 Å². The third-order valence-electron chi connectivity index (χ3n) is 6.24. The van der Waals surface area contributed by atoms with Crippen LogP contribution in [0.4, 0.5) is 5.82 Å². The number of hydrogen-bond donors (Lipinski definition) is 2. The molecule has 178 valence electrons. The lowest BCUT2D eigenvalue weighted by molar-refractivity contribution is -0.909. The molecule has 1 aliphatic rings. The molecule has 2 N–H and O–H groups in total. The summed E-state index contributed by atoms with van der Waals surface area (Å²) in [5.74, 6) is 0.0913. The Bertz CT molecular complexity index is 1090. The summed E-state index contributed by atoms with van der Waals surface area (Å²) in [6, 6.07) is 19.3. The van der Waals surface area contributed by atoms with E-state index in [4.69, 9.17) is 9.26 Å². The highest BCUT2D eigenvalue weighted by Gasteiger charge is 2.44. The number of benzene rings is 2. The zero-order valence-electron chi connectivity index (χ0n) is 19.4. The summed E-state index contributed by atoms with van der Waals surface area (Å²) in [5, 5.41) is 18.2. The minimum absolute atomic E-state index is 0.187. The van der Waals surface area contributed by atoms with Gasteiger partial charge in [-0.1, -0.05) is 65.8 Å². The first-order chi connectivity index (χ1) is 16.3. The number of aliphatic hydroxyl groups is 1. The van der Waals surface area contributed by atoms with Gasteiger partial charge in [0, 0.05) is 12.5 Å². The highest BCUT2D eigenvalue weighted by molar-refractivity contribution is 5.90. The number of quaternary nitrogens is 1. The summed E-state index contributed by atoms with van der Waals surface area (Å²) in [7, 11) is 1.97. The minimum Gasteiger partial charge on any atom is -0.454 e. The van der Waals surface area contributed by atoms with Crippen molar-refractivity contribution in [3.63, 3.8) is 0 Å². The number of nitrogens with one attached hydrogen (secondary N) is 1. The Morgan fingerprint density at radius 3 is 2.32 bits per heavy atom. The lowest BCUT2D eigenvalue weighted by Crippen LogP contribution is -2.57. The number of nitrogens with zero attached hydrogens (tertiary/aromatic N) is 2. The summed E-state index contributed by atoms with van der Waals surface area (Å²) < 4.78 is 11.3. The van der Waals surface area contributed by atoms with Crippen LogP contribution in [0.15, 0.2) is 71.3 Å². The fraction of sp³-hybridized carbons (Fsp3) is 0.346. The number of likely N-dealkylation sites (tertiary alicyclic amines) is 1. The van der Waals surface area contributed by atoms with Crippen LogP contribution < -0.4 is 5.32 Å². The van der Waals surface area contributed by atoms with Gasteiger partial charge in [-0.05, 0) is 24.5 Å². The Morgan fingerprint density at radius 1 is 1.15 bits per heavy atom. The monoisotopic (exact) mass is 464 g/mol. The normalized spacial score (nSPS) is 20.5. The molecule has 2 unspecified atom stereocenters. The molecule has 1 aromatic heterocycles. The van der Waals surface area contributed by atoms with Gasteiger partial charge in [0.2, 0.25) is 5.60 Å². The van der Waals surface area contributed by atoms with Gasteiger partial charge in [0.05, 0.1) is 13.6 Å². The number of esters is 1. The number of aryl methyl sites for hydroxylation is 1. The van der Waals surface area contributed by atoms with Crippen LogP contribution in [0.2, 0.25) is 0 Å². The molecule has 0 aliphatic carbocycles. The summed E-state index contributed by atoms with van der Waals surface area (Å²) in [4.78, 5) is 26.0. The predicted molar refractivity (Wildman–Crippen MR) is 126 cm³/mol. The Labute approximate surface area is 198 Å². The quantitative estimate of drug-likeness (QED) is 0.412. The van der Waals surface area contributed by atoms with E-state index in [9.17, 15) is 14.7 Å².